The van der Waals surface area contributed by atoms with Crippen molar-refractivity contribution in [1.29, 1.82) is 0 Å². The van der Waals surface area contributed by atoms with Crippen LogP contribution in [-0.2, 0) is 12.1 Å². The summed E-state index contributed by atoms with van der Waals surface area (Å²) in [5.74, 6) is 0.946. The largest absolute Gasteiger partial charge is 0.381 e. The van der Waals surface area contributed by atoms with E-state index in [0.29, 0.717) is 0 Å². The smallest absolute Gasteiger partial charge is 0.137 e. The Morgan fingerprint density at radius 3 is 2.78 bits per heavy atom. The summed E-state index contributed by atoms with van der Waals surface area (Å²) in [5.41, 5.74) is -1.69. The van der Waals surface area contributed by atoms with E-state index in [1.165, 1.54) is 23.4 Å². The molecule has 0 unspecified atom stereocenters. The van der Waals surface area contributed by atoms with Crippen molar-refractivity contribution in [2.24, 2.45) is 0 Å². The Labute approximate surface area is 133 Å². The average Bonchev–Trinajstić information content (AvgIpc) is 2.99. The number of aromatic nitrogens is 3. The first-order valence-electron chi connectivity index (χ1n) is 7.02. The van der Waals surface area contributed by atoms with Gasteiger partial charge in [-0.15, -0.1) is 6.42 Å². The van der Waals surface area contributed by atoms with Crippen LogP contribution in [0.4, 0.5) is 8.78 Å². The highest BCUT2D eigenvalue weighted by atomic mass is 19.1. The lowest BCUT2D eigenvalue weighted by molar-refractivity contribution is -0.0538. The Kier molecular flexibility index (Phi) is 5.08. The summed E-state index contributed by atoms with van der Waals surface area (Å²) in [4.78, 5) is 5.53. The van der Waals surface area contributed by atoms with Crippen LogP contribution >= 0.6 is 0 Å². The highest BCUT2D eigenvalue weighted by Gasteiger charge is 2.40. The minimum atomic E-state index is -1.67. The van der Waals surface area contributed by atoms with Gasteiger partial charge in [0, 0.05) is 17.7 Å². The molecule has 122 valence electrons. The number of rotatable bonds is 6. The molecule has 7 heteroatoms. The molecule has 1 N–H and O–H groups in total. The highest BCUT2D eigenvalue weighted by molar-refractivity contribution is 5.27. The maximum absolute atomic E-state index is 14.3. The summed E-state index contributed by atoms with van der Waals surface area (Å²) < 4.78 is 28.9. The van der Waals surface area contributed by atoms with Crippen LogP contribution < -0.4 is 0 Å². The van der Waals surface area contributed by atoms with Gasteiger partial charge in [-0.25, -0.2) is 18.4 Å². The zero-order valence-corrected chi connectivity index (χ0v) is 12.9. The number of nitrogens with zero attached hydrogens (tertiary/aromatic N) is 4. The molecular weight excluding hydrogens is 302 g/mol. The molecule has 0 amide bonds. The number of benzene rings is 1. The first-order chi connectivity index (χ1) is 10.9. The molecule has 0 saturated heterocycles. The van der Waals surface area contributed by atoms with Crippen LogP contribution in [0.25, 0.3) is 0 Å². The molecule has 2 atom stereocenters. The lowest BCUT2D eigenvalue weighted by Gasteiger charge is -2.39. The van der Waals surface area contributed by atoms with Gasteiger partial charge in [0.25, 0.3) is 0 Å². The van der Waals surface area contributed by atoms with Crippen molar-refractivity contribution in [1.82, 2.24) is 19.7 Å². The number of aliphatic hydroxyl groups is 1. The van der Waals surface area contributed by atoms with E-state index in [1.807, 2.05) is 0 Å². The normalized spacial score (nSPS) is 15.2. The van der Waals surface area contributed by atoms with Crippen LogP contribution in [0.2, 0.25) is 0 Å². The van der Waals surface area contributed by atoms with Crippen molar-refractivity contribution in [3.63, 3.8) is 0 Å². The fourth-order valence-corrected chi connectivity index (χ4v) is 2.49. The standard InChI is InChI=1S/C16H18F2N4O/c1-4-7-21(3)12(2)16(23,9-22-11-19-10-20-22)14-6-5-13(17)8-15(14)18/h1,5-6,8,10-12,23H,7,9H2,2-3H3/t12-,16-/m0/s1. The molecule has 1 aromatic carbocycles. The number of halogens is 2. The van der Waals surface area contributed by atoms with E-state index in [-0.39, 0.29) is 18.7 Å². The Morgan fingerprint density at radius 1 is 1.48 bits per heavy atom. The summed E-state index contributed by atoms with van der Waals surface area (Å²) in [7, 11) is 1.72. The quantitative estimate of drug-likeness (QED) is 0.818. The monoisotopic (exact) mass is 320 g/mol. The second-order valence-corrected chi connectivity index (χ2v) is 5.44. The molecular formula is C16H18F2N4O. The van der Waals surface area contributed by atoms with Gasteiger partial charge in [0.1, 0.15) is 29.9 Å². The van der Waals surface area contributed by atoms with Crippen LogP contribution in [0.15, 0.2) is 30.9 Å². The third-order valence-electron chi connectivity index (χ3n) is 3.96. The molecule has 0 bridgehead atoms. The molecule has 0 aliphatic rings. The summed E-state index contributed by atoms with van der Waals surface area (Å²) in [6, 6.07) is 2.54. The molecule has 0 saturated carbocycles. The first-order valence-corrected chi connectivity index (χ1v) is 7.02. The molecule has 1 heterocycles. The third kappa shape index (κ3) is 3.55. The van der Waals surface area contributed by atoms with E-state index in [1.54, 1.807) is 18.9 Å². The molecule has 2 aromatic rings. The van der Waals surface area contributed by atoms with E-state index in [9.17, 15) is 13.9 Å². The van der Waals surface area contributed by atoms with Gasteiger partial charge >= 0.3 is 0 Å². The zero-order valence-electron chi connectivity index (χ0n) is 12.9. The third-order valence-corrected chi connectivity index (χ3v) is 3.96. The molecule has 0 aliphatic carbocycles. The van der Waals surface area contributed by atoms with Crippen LogP contribution in [0.5, 0.6) is 0 Å². The van der Waals surface area contributed by atoms with Crippen molar-refractivity contribution in [3.8, 4) is 12.3 Å². The molecule has 5 nitrogen and oxygen atoms in total. The molecule has 0 radical (unpaired) electrons. The minimum Gasteiger partial charge on any atom is -0.381 e. The predicted octanol–water partition coefficient (Wildman–Crippen LogP) is 1.40. The number of terminal acetylenes is 1. The van der Waals surface area contributed by atoms with Gasteiger partial charge in [0.2, 0.25) is 0 Å². The summed E-state index contributed by atoms with van der Waals surface area (Å²) in [5, 5.41) is 15.2. The molecule has 0 spiro atoms. The van der Waals surface area contributed by atoms with E-state index < -0.39 is 23.3 Å². The lowest BCUT2D eigenvalue weighted by atomic mass is 9.85. The van der Waals surface area contributed by atoms with E-state index in [4.69, 9.17) is 6.42 Å². The average molecular weight is 320 g/mol. The van der Waals surface area contributed by atoms with Gasteiger partial charge < -0.3 is 5.11 Å². The van der Waals surface area contributed by atoms with Gasteiger partial charge in [-0.3, -0.25) is 4.90 Å². The molecule has 2 rings (SSSR count). The van der Waals surface area contributed by atoms with E-state index in [2.05, 4.69) is 16.0 Å². The summed E-state index contributed by atoms with van der Waals surface area (Å²) in [6.45, 7) is 1.94. The van der Waals surface area contributed by atoms with Gasteiger partial charge in [0.15, 0.2) is 0 Å². The maximum Gasteiger partial charge on any atom is 0.137 e. The first kappa shape index (κ1) is 17.1. The minimum absolute atomic E-state index is 0.0224. The fraction of sp³-hybridized carbons (Fsp3) is 0.375. The molecule has 23 heavy (non-hydrogen) atoms. The number of hydrogen-bond donors (Lipinski definition) is 1. The summed E-state index contributed by atoms with van der Waals surface area (Å²) >= 11 is 0. The van der Waals surface area contributed by atoms with Crippen molar-refractivity contribution in [3.05, 3.63) is 48.1 Å². The van der Waals surface area contributed by atoms with Crippen LogP contribution in [0.3, 0.4) is 0 Å². The maximum atomic E-state index is 14.3. The second-order valence-electron chi connectivity index (χ2n) is 5.44. The van der Waals surface area contributed by atoms with Crippen LogP contribution in [0, 0.1) is 24.0 Å². The Balaban J connectivity index is 2.47. The van der Waals surface area contributed by atoms with Crippen LogP contribution in [0.1, 0.15) is 12.5 Å². The van der Waals surface area contributed by atoms with Gasteiger partial charge in [-0.2, -0.15) is 5.10 Å². The van der Waals surface area contributed by atoms with Crippen LogP contribution in [-0.4, -0.2) is 44.4 Å². The van der Waals surface area contributed by atoms with Gasteiger partial charge in [-0.05, 0) is 20.0 Å². The van der Waals surface area contributed by atoms with Crippen molar-refractivity contribution >= 4 is 0 Å². The Bertz CT molecular complexity index is 699. The highest BCUT2D eigenvalue weighted by Crippen LogP contribution is 2.32. The van der Waals surface area contributed by atoms with E-state index >= 15 is 0 Å². The van der Waals surface area contributed by atoms with Gasteiger partial charge in [-0.1, -0.05) is 12.0 Å². The second kappa shape index (κ2) is 6.86. The SMILES string of the molecule is C#CCN(C)[C@@H](C)[C@@](O)(Cn1cncn1)c1ccc(F)cc1F. The zero-order chi connectivity index (χ0) is 17.0. The van der Waals surface area contributed by atoms with Crippen molar-refractivity contribution < 1.29 is 13.9 Å². The Hall–Kier alpha value is -2.30. The molecule has 1 aromatic heterocycles. The van der Waals surface area contributed by atoms with Crippen molar-refractivity contribution in [2.75, 3.05) is 13.6 Å². The molecule has 0 aliphatic heterocycles. The summed E-state index contributed by atoms with van der Waals surface area (Å²) in [6.07, 6.45) is 8.04. The predicted molar refractivity (Wildman–Crippen MR) is 81.2 cm³/mol. The van der Waals surface area contributed by atoms with E-state index in [0.717, 1.165) is 12.1 Å². The van der Waals surface area contributed by atoms with Crippen molar-refractivity contribution in [2.45, 2.75) is 25.1 Å². The number of hydrogen-bond acceptors (Lipinski definition) is 4. The lowest BCUT2D eigenvalue weighted by Crippen LogP contribution is -2.50. The Morgan fingerprint density at radius 2 is 2.22 bits per heavy atom. The fourth-order valence-electron chi connectivity index (χ4n) is 2.49. The van der Waals surface area contributed by atoms with Gasteiger partial charge in [0.05, 0.1) is 13.1 Å². The molecule has 0 fully saturated rings. The topological polar surface area (TPSA) is 54.2 Å². The number of likely N-dealkylation sites (N-methyl/N-ethyl adjacent to an activating group) is 1.